The Hall–Kier alpha value is -1.55. The highest BCUT2D eigenvalue weighted by molar-refractivity contribution is 5.00. The van der Waals surface area contributed by atoms with Gasteiger partial charge in [0.2, 0.25) is 0 Å². The number of alkyl halides is 1. The standard InChI is InChI=1S/C9H12FN3O5/c10-6-7(18-4(3-14)9(6,11)17)13-2-1-5(15)12-8(13)16/h1-2,4,6-7,14,17H,3,11H2,(H,12,15,16)/t4-,6?,7-,9-/m1/s1. The zero-order valence-corrected chi connectivity index (χ0v) is 9.12. The molecule has 1 aromatic heterocycles. The number of aromatic nitrogens is 2. The molecule has 0 radical (unpaired) electrons. The second-order valence-electron chi connectivity index (χ2n) is 4.00. The molecule has 8 nitrogen and oxygen atoms in total. The molecule has 1 saturated heterocycles. The van der Waals surface area contributed by atoms with Crippen LogP contribution < -0.4 is 17.0 Å². The number of nitrogens with zero attached hydrogens (tertiary/aromatic N) is 1. The number of hydrogen-bond acceptors (Lipinski definition) is 6. The molecule has 2 heterocycles. The van der Waals surface area contributed by atoms with Gasteiger partial charge in [-0.1, -0.05) is 0 Å². The van der Waals surface area contributed by atoms with Gasteiger partial charge in [-0.15, -0.1) is 0 Å². The van der Waals surface area contributed by atoms with E-state index in [1.54, 1.807) is 0 Å². The summed E-state index contributed by atoms with van der Waals surface area (Å²) in [6, 6.07) is 0.999. The van der Waals surface area contributed by atoms with Gasteiger partial charge in [0.25, 0.3) is 5.56 Å². The first-order valence-corrected chi connectivity index (χ1v) is 5.11. The number of nitrogens with one attached hydrogen (secondary N) is 1. The number of rotatable bonds is 2. The van der Waals surface area contributed by atoms with Gasteiger partial charge in [0, 0.05) is 12.3 Å². The first-order chi connectivity index (χ1) is 8.37. The highest BCUT2D eigenvalue weighted by Gasteiger charge is 2.55. The molecule has 2 rings (SSSR count). The van der Waals surface area contributed by atoms with Crippen LogP contribution in [0.25, 0.3) is 0 Å². The van der Waals surface area contributed by atoms with Crippen molar-refractivity contribution >= 4 is 0 Å². The van der Waals surface area contributed by atoms with Crippen molar-refractivity contribution in [2.75, 3.05) is 6.61 Å². The van der Waals surface area contributed by atoms with Crippen LogP contribution in [0.1, 0.15) is 6.23 Å². The minimum absolute atomic E-state index is 0.647. The number of aliphatic hydroxyl groups is 2. The lowest BCUT2D eigenvalue weighted by atomic mass is 10.1. The van der Waals surface area contributed by atoms with E-state index in [0.717, 1.165) is 16.8 Å². The molecule has 0 amide bonds. The van der Waals surface area contributed by atoms with Gasteiger partial charge < -0.3 is 14.9 Å². The second kappa shape index (κ2) is 4.28. The lowest BCUT2D eigenvalue weighted by molar-refractivity contribution is -0.0826. The summed E-state index contributed by atoms with van der Waals surface area (Å²) in [5.41, 5.74) is 1.34. The maximum absolute atomic E-state index is 13.9. The van der Waals surface area contributed by atoms with Crippen LogP contribution in [0.15, 0.2) is 21.9 Å². The van der Waals surface area contributed by atoms with Crippen LogP contribution in [-0.4, -0.2) is 44.4 Å². The highest BCUT2D eigenvalue weighted by atomic mass is 19.1. The van der Waals surface area contributed by atoms with Gasteiger partial charge in [-0.25, -0.2) is 9.18 Å². The summed E-state index contributed by atoms with van der Waals surface area (Å²) in [6.07, 6.45) is -3.98. The smallest absolute Gasteiger partial charge is 0.330 e. The Bertz CT molecular complexity index is 554. The molecule has 0 saturated carbocycles. The molecule has 100 valence electrons. The van der Waals surface area contributed by atoms with E-state index in [4.69, 9.17) is 15.6 Å². The Labute approximate surface area is 99.4 Å². The third kappa shape index (κ3) is 1.86. The predicted octanol–water partition coefficient (Wildman–Crippen LogP) is -2.59. The summed E-state index contributed by atoms with van der Waals surface area (Å²) in [5.74, 6) is 0. The molecular formula is C9H12FN3O5. The first-order valence-electron chi connectivity index (χ1n) is 5.11. The molecule has 1 aliphatic heterocycles. The Morgan fingerprint density at radius 2 is 2.28 bits per heavy atom. The molecule has 0 aromatic carbocycles. The van der Waals surface area contributed by atoms with Crippen LogP contribution in [0.2, 0.25) is 0 Å². The van der Waals surface area contributed by atoms with Crippen molar-refractivity contribution in [3.05, 3.63) is 33.1 Å². The molecule has 1 aromatic rings. The number of aliphatic hydroxyl groups excluding tert-OH is 1. The largest absolute Gasteiger partial charge is 0.393 e. The lowest BCUT2D eigenvalue weighted by Gasteiger charge is -2.23. The van der Waals surface area contributed by atoms with E-state index in [9.17, 15) is 19.1 Å². The van der Waals surface area contributed by atoms with Gasteiger partial charge in [-0.05, 0) is 0 Å². The predicted molar refractivity (Wildman–Crippen MR) is 56.4 cm³/mol. The van der Waals surface area contributed by atoms with Crippen LogP contribution in [0.3, 0.4) is 0 Å². The summed E-state index contributed by atoms with van der Waals surface area (Å²) in [6.45, 7) is -0.706. The van der Waals surface area contributed by atoms with Crippen molar-refractivity contribution < 1.29 is 19.3 Å². The Kier molecular flexibility index (Phi) is 3.07. The molecule has 0 aliphatic carbocycles. The summed E-state index contributed by atoms with van der Waals surface area (Å²) < 4.78 is 19.6. The summed E-state index contributed by atoms with van der Waals surface area (Å²) >= 11 is 0. The van der Waals surface area contributed by atoms with Crippen LogP contribution in [0, 0.1) is 0 Å². The molecule has 5 N–H and O–H groups in total. The molecule has 1 fully saturated rings. The highest BCUT2D eigenvalue weighted by Crippen LogP contribution is 2.35. The zero-order valence-electron chi connectivity index (χ0n) is 9.12. The van der Waals surface area contributed by atoms with Crippen molar-refractivity contribution in [2.24, 2.45) is 5.73 Å². The fourth-order valence-corrected chi connectivity index (χ4v) is 1.78. The second-order valence-corrected chi connectivity index (χ2v) is 4.00. The van der Waals surface area contributed by atoms with Crippen LogP contribution in [0.5, 0.6) is 0 Å². The van der Waals surface area contributed by atoms with Crippen LogP contribution in [0.4, 0.5) is 4.39 Å². The van der Waals surface area contributed by atoms with Crippen LogP contribution in [-0.2, 0) is 4.74 Å². The summed E-state index contributed by atoms with van der Waals surface area (Å²) in [5, 5.41) is 18.6. The molecule has 9 heteroatoms. The third-order valence-electron chi connectivity index (χ3n) is 2.80. The minimum Gasteiger partial charge on any atom is -0.393 e. The molecule has 4 atom stereocenters. The first kappa shape index (κ1) is 12.9. The zero-order chi connectivity index (χ0) is 13.5. The van der Waals surface area contributed by atoms with E-state index in [0.29, 0.717) is 0 Å². The monoisotopic (exact) mass is 261 g/mol. The fraction of sp³-hybridized carbons (Fsp3) is 0.556. The topological polar surface area (TPSA) is 131 Å². The normalized spacial score (nSPS) is 35.9. The Morgan fingerprint density at radius 3 is 2.78 bits per heavy atom. The average Bonchev–Trinajstić information content (AvgIpc) is 2.52. The van der Waals surface area contributed by atoms with Gasteiger partial charge in [0.05, 0.1) is 6.61 Å². The summed E-state index contributed by atoms with van der Waals surface area (Å²) in [4.78, 5) is 24.2. The Morgan fingerprint density at radius 1 is 1.61 bits per heavy atom. The van der Waals surface area contributed by atoms with E-state index in [-0.39, 0.29) is 0 Å². The van der Waals surface area contributed by atoms with Gasteiger partial charge >= 0.3 is 5.69 Å². The van der Waals surface area contributed by atoms with Gasteiger partial charge in [-0.3, -0.25) is 20.1 Å². The van der Waals surface area contributed by atoms with Gasteiger partial charge in [0.1, 0.15) is 6.10 Å². The fourth-order valence-electron chi connectivity index (χ4n) is 1.78. The van der Waals surface area contributed by atoms with Gasteiger partial charge in [-0.2, -0.15) is 0 Å². The van der Waals surface area contributed by atoms with Crippen molar-refractivity contribution in [1.82, 2.24) is 9.55 Å². The SMILES string of the molecule is N[C@]1(O)C(F)[C@H](n2ccc(=O)[nH]c2=O)O[C@@H]1CO. The quantitative estimate of drug-likeness (QED) is 0.432. The number of halogens is 1. The molecule has 0 bridgehead atoms. The van der Waals surface area contributed by atoms with E-state index >= 15 is 0 Å². The van der Waals surface area contributed by atoms with E-state index in [1.807, 2.05) is 4.98 Å². The van der Waals surface area contributed by atoms with Crippen molar-refractivity contribution in [1.29, 1.82) is 0 Å². The summed E-state index contributed by atoms with van der Waals surface area (Å²) in [7, 11) is 0. The molecule has 1 unspecified atom stereocenters. The van der Waals surface area contributed by atoms with Crippen molar-refractivity contribution in [2.45, 2.75) is 24.2 Å². The van der Waals surface area contributed by atoms with E-state index in [1.165, 1.54) is 0 Å². The lowest BCUT2D eigenvalue weighted by Crippen LogP contribution is -2.55. The molecule has 0 spiro atoms. The van der Waals surface area contributed by atoms with Crippen molar-refractivity contribution in [3.8, 4) is 0 Å². The van der Waals surface area contributed by atoms with Gasteiger partial charge in [0.15, 0.2) is 18.1 Å². The minimum atomic E-state index is -2.41. The molecule has 18 heavy (non-hydrogen) atoms. The Balaban J connectivity index is 2.41. The third-order valence-corrected chi connectivity index (χ3v) is 2.80. The number of hydrogen-bond donors (Lipinski definition) is 4. The maximum atomic E-state index is 13.9. The van der Waals surface area contributed by atoms with E-state index in [2.05, 4.69) is 0 Å². The number of H-pyrrole nitrogens is 1. The molecular weight excluding hydrogens is 249 g/mol. The van der Waals surface area contributed by atoms with Crippen molar-refractivity contribution in [3.63, 3.8) is 0 Å². The number of aromatic amines is 1. The average molecular weight is 261 g/mol. The number of nitrogens with two attached hydrogens (primary N) is 1. The number of ether oxygens (including phenoxy) is 1. The van der Waals surface area contributed by atoms with Crippen LogP contribution >= 0.6 is 0 Å². The molecule has 1 aliphatic rings. The van der Waals surface area contributed by atoms with E-state index < -0.39 is 42.1 Å². The maximum Gasteiger partial charge on any atom is 0.330 e.